The van der Waals surface area contributed by atoms with Crippen molar-refractivity contribution in [2.24, 2.45) is 5.92 Å². The Labute approximate surface area is 185 Å². The molecule has 0 bridgehead atoms. The standard InChI is InChI=1S/C20H22ClN3O6S/c1-13-5-7-16(24(26)27)11-17(13)22-20(25)14-4-3-9-23(12-14)31(28,29)19-10-15(21)6-8-18(19)30-2/h5-8,10-11,14H,3-4,9,12H2,1-2H3,(H,22,25)/t14-/m0/s1. The van der Waals surface area contributed by atoms with Crippen molar-refractivity contribution >= 4 is 38.9 Å². The van der Waals surface area contributed by atoms with Crippen LogP contribution < -0.4 is 10.1 Å². The van der Waals surface area contributed by atoms with Gasteiger partial charge in [-0.25, -0.2) is 8.42 Å². The van der Waals surface area contributed by atoms with Crippen LogP contribution in [0.3, 0.4) is 0 Å². The average Bonchev–Trinajstić information content (AvgIpc) is 2.75. The third-order valence-electron chi connectivity index (χ3n) is 5.19. The predicted octanol–water partition coefficient (Wildman–Crippen LogP) is 3.60. The Morgan fingerprint density at radius 3 is 2.71 bits per heavy atom. The zero-order valence-corrected chi connectivity index (χ0v) is 18.6. The van der Waals surface area contributed by atoms with Gasteiger partial charge in [-0.1, -0.05) is 17.7 Å². The first kappa shape index (κ1) is 23.0. The average molecular weight is 468 g/mol. The highest BCUT2D eigenvalue weighted by molar-refractivity contribution is 7.89. The number of nitro groups is 1. The number of nitrogens with one attached hydrogen (secondary N) is 1. The van der Waals surface area contributed by atoms with Crippen molar-refractivity contribution in [3.8, 4) is 5.75 Å². The number of piperidine rings is 1. The Balaban J connectivity index is 1.81. The number of aryl methyl sites for hydroxylation is 1. The van der Waals surface area contributed by atoms with Crippen molar-refractivity contribution < 1.29 is 22.9 Å². The quantitative estimate of drug-likeness (QED) is 0.512. The summed E-state index contributed by atoms with van der Waals surface area (Å²) in [6, 6.07) is 8.55. The lowest BCUT2D eigenvalue weighted by Crippen LogP contribution is -2.43. The van der Waals surface area contributed by atoms with E-state index in [1.807, 2.05) is 0 Å². The number of rotatable bonds is 6. The van der Waals surface area contributed by atoms with Gasteiger partial charge in [0, 0.05) is 30.2 Å². The van der Waals surface area contributed by atoms with E-state index in [0.717, 1.165) is 0 Å². The van der Waals surface area contributed by atoms with Gasteiger partial charge in [-0.15, -0.1) is 0 Å². The van der Waals surface area contributed by atoms with E-state index in [4.69, 9.17) is 16.3 Å². The molecular formula is C20H22ClN3O6S. The molecule has 1 saturated heterocycles. The van der Waals surface area contributed by atoms with Crippen LogP contribution in [-0.4, -0.2) is 43.8 Å². The molecule has 166 valence electrons. The van der Waals surface area contributed by atoms with E-state index in [-0.39, 0.29) is 40.4 Å². The normalized spacial score (nSPS) is 17.2. The maximum Gasteiger partial charge on any atom is 0.271 e. The fourth-order valence-corrected chi connectivity index (χ4v) is 5.40. The van der Waals surface area contributed by atoms with Gasteiger partial charge >= 0.3 is 0 Å². The van der Waals surface area contributed by atoms with E-state index < -0.39 is 20.9 Å². The summed E-state index contributed by atoms with van der Waals surface area (Å²) >= 11 is 5.99. The Kier molecular flexibility index (Phi) is 6.83. The summed E-state index contributed by atoms with van der Waals surface area (Å²) in [5, 5.41) is 14.0. The molecule has 1 heterocycles. The molecule has 0 unspecified atom stereocenters. The predicted molar refractivity (Wildman–Crippen MR) is 116 cm³/mol. The number of anilines is 1. The van der Waals surface area contributed by atoms with Crippen LogP contribution in [0.15, 0.2) is 41.3 Å². The summed E-state index contributed by atoms with van der Waals surface area (Å²) in [5.41, 5.74) is 0.861. The summed E-state index contributed by atoms with van der Waals surface area (Å²) < 4.78 is 32.8. The van der Waals surface area contributed by atoms with Crippen LogP contribution in [0.25, 0.3) is 0 Å². The van der Waals surface area contributed by atoms with E-state index >= 15 is 0 Å². The summed E-state index contributed by atoms with van der Waals surface area (Å²) in [4.78, 5) is 23.3. The summed E-state index contributed by atoms with van der Waals surface area (Å²) in [6.45, 7) is 1.97. The van der Waals surface area contributed by atoms with Crippen LogP contribution in [0.1, 0.15) is 18.4 Å². The molecule has 2 aromatic carbocycles. The number of non-ortho nitro benzene ring substituents is 1. The van der Waals surface area contributed by atoms with Crippen molar-refractivity contribution in [3.63, 3.8) is 0 Å². The number of hydrogen-bond donors (Lipinski definition) is 1. The first-order valence-corrected chi connectivity index (χ1v) is 11.3. The van der Waals surface area contributed by atoms with E-state index in [1.165, 1.54) is 41.7 Å². The zero-order valence-electron chi connectivity index (χ0n) is 17.0. The number of benzene rings is 2. The number of carbonyl (C=O) groups is 1. The number of hydrogen-bond acceptors (Lipinski definition) is 6. The number of halogens is 1. The second kappa shape index (κ2) is 9.21. The molecular weight excluding hydrogens is 446 g/mol. The SMILES string of the molecule is COc1ccc(Cl)cc1S(=O)(=O)N1CCC[C@H](C(=O)Nc2cc([N+](=O)[O-])ccc2C)C1. The number of carbonyl (C=O) groups excluding carboxylic acids is 1. The number of methoxy groups -OCH3 is 1. The molecule has 1 N–H and O–H groups in total. The summed E-state index contributed by atoms with van der Waals surface area (Å²) in [6.07, 6.45) is 0.993. The molecule has 1 amide bonds. The third kappa shape index (κ3) is 4.97. The maximum absolute atomic E-state index is 13.2. The fourth-order valence-electron chi connectivity index (χ4n) is 3.46. The molecule has 1 aliphatic rings. The third-order valence-corrected chi connectivity index (χ3v) is 7.31. The minimum atomic E-state index is -3.94. The van der Waals surface area contributed by atoms with Gasteiger partial charge in [-0.2, -0.15) is 4.31 Å². The van der Waals surface area contributed by atoms with Crippen LogP contribution in [0.4, 0.5) is 11.4 Å². The number of nitro benzene ring substituents is 1. The lowest BCUT2D eigenvalue weighted by atomic mass is 9.98. The molecule has 2 aromatic rings. The largest absolute Gasteiger partial charge is 0.495 e. The molecule has 0 aliphatic carbocycles. The second-order valence-corrected chi connectivity index (χ2v) is 9.59. The Morgan fingerprint density at radius 2 is 2.03 bits per heavy atom. The molecule has 1 aliphatic heterocycles. The summed E-state index contributed by atoms with van der Waals surface area (Å²) in [7, 11) is -2.57. The topological polar surface area (TPSA) is 119 Å². The van der Waals surface area contributed by atoms with Crippen molar-refractivity contribution in [3.05, 3.63) is 57.1 Å². The molecule has 0 aromatic heterocycles. The molecule has 0 spiro atoms. The Bertz CT molecular complexity index is 1120. The number of amides is 1. The molecule has 11 heteroatoms. The molecule has 1 atom stereocenters. The van der Waals surface area contributed by atoms with Crippen LogP contribution >= 0.6 is 11.6 Å². The van der Waals surface area contributed by atoms with E-state index in [9.17, 15) is 23.3 Å². The zero-order chi connectivity index (χ0) is 22.8. The van der Waals surface area contributed by atoms with Gasteiger partial charge < -0.3 is 10.1 Å². The Morgan fingerprint density at radius 1 is 1.29 bits per heavy atom. The monoisotopic (exact) mass is 467 g/mol. The lowest BCUT2D eigenvalue weighted by molar-refractivity contribution is -0.384. The first-order valence-electron chi connectivity index (χ1n) is 9.53. The number of nitrogens with zero attached hydrogens (tertiary/aromatic N) is 2. The molecule has 3 rings (SSSR count). The maximum atomic E-state index is 13.2. The number of ether oxygens (including phenoxy) is 1. The van der Waals surface area contributed by atoms with Crippen LogP contribution in [0.5, 0.6) is 5.75 Å². The molecule has 0 radical (unpaired) electrons. The second-order valence-electron chi connectivity index (χ2n) is 7.24. The van der Waals surface area contributed by atoms with Crippen molar-refractivity contribution in [2.45, 2.75) is 24.7 Å². The van der Waals surface area contributed by atoms with Crippen molar-refractivity contribution in [1.82, 2.24) is 4.31 Å². The highest BCUT2D eigenvalue weighted by Crippen LogP contribution is 2.32. The molecule has 9 nitrogen and oxygen atoms in total. The fraction of sp³-hybridized carbons (Fsp3) is 0.350. The van der Waals surface area contributed by atoms with Gasteiger partial charge in [0.05, 0.1) is 23.6 Å². The molecule has 0 saturated carbocycles. The summed E-state index contributed by atoms with van der Waals surface area (Å²) in [5.74, 6) is -0.822. The van der Waals surface area contributed by atoms with Gasteiger partial charge in [-0.3, -0.25) is 14.9 Å². The Hall–Kier alpha value is -2.69. The van der Waals surface area contributed by atoms with E-state index in [0.29, 0.717) is 24.1 Å². The molecule has 1 fully saturated rings. The van der Waals surface area contributed by atoms with Gasteiger partial charge in [0.2, 0.25) is 15.9 Å². The van der Waals surface area contributed by atoms with Crippen molar-refractivity contribution in [2.75, 3.05) is 25.5 Å². The lowest BCUT2D eigenvalue weighted by Gasteiger charge is -2.31. The van der Waals surface area contributed by atoms with Crippen LogP contribution in [-0.2, 0) is 14.8 Å². The molecule has 31 heavy (non-hydrogen) atoms. The first-order chi connectivity index (χ1) is 14.6. The smallest absolute Gasteiger partial charge is 0.271 e. The van der Waals surface area contributed by atoms with Gasteiger partial charge in [0.15, 0.2) is 0 Å². The van der Waals surface area contributed by atoms with E-state index in [1.54, 1.807) is 13.0 Å². The van der Waals surface area contributed by atoms with Crippen LogP contribution in [0, 0.1) is 23.0 Å². The minimum absolute atomic E-state index is 0.0161. The highest BCUT2D eigenvalue weighted by Gasteiger charge is 2.35. The minimum Gasteiger partial charge on any atom is -0.495 e. The van der Waals surface area contributed by atoms with Gasteiger partial charge in [0.1, 0.15) is 10.6 Å². The highest BCUT2D eigenvalue weighted by atomic mass is 35.5. The number of sulfonamides is 1. The van der Waals surface area contributed by atoms with Crippen LogP contribution in [0.2, 0.25) is 5.02 Å². The van der Waals surface area contributed by atoms with Crippen molar-refractivity contribution in [1.29, 1.82) is 0 Å². The van der Waals surface area contributed by atoms with E-state index in [2.05, 4.69) is 5.32 Å². The van der Waals surface area contributed by atoms with Gasteiger partial charge in [-0.05, 0) is 43.5 Å². The van der Waals surface area contributed by atoms with Gasteiger partial charge in [0.25, 0.3) is 5.69 Å².